The van der Waals surface area contributed by atoms with E-state index >= 15 is 0 Å². The van der Waals surface area contributed by atoms with Gasteiger partial charge in [-0.2, -0.15) is 9.37 Å². The Kier molecular flexibility index (Phi) is 7.68. The topological polar surface area (TPSA) is 170 Å². The smallest absolute Gasteiger partial charge is 0.437 e. The lowest BCUT2D eigenvalue weighted by molar-refractivity contribution is -0.121. The van der Waals surface area contributed by atoms with E-state index in [2.05, 4.69) is 25.4 Å². The number of hydrogen-bond acceptors (Lipinski definition) is 8. The Hall–Kier alpha value is -4.29. The molecule has 1 saturated heterocycles. The number of rotatable bonds is 8. The molecule has 3 rings (SSSR count). The highest BCUT2D eigenvalue weighted by atomic mass is 19.1. The summed E-state index contributed by atoms with van der Waals surface area (Å²) in [7, 11) is 1.55. The molecule has 0 aliphatic carbocycles. The molecule has 174 valence electrons. The molecular formula is C20H23FN8O4. The van der Waals surface area contributed by atoms with Gasteiger partial charge in [-0.1, -0.05) is 29.4 Å². The summed E-state index contributed by atoms with van der Waals surface area (Å²) in [6, 6.07) is 6.77. The maximum atomic E-state index is 14.8. The van der Waals surface area contributed by atoms with Gasteiger partial charge in [-0.25, -0.2) is 9.78 Å². The average molecular weight is 458 g/mol. The van der Waals surface area contributed by atoms with Crippen LogP contribution in [0.1, 0.15) is 12.0 Å². The summed E-state index contributed by atoms with van der Waals surface area (Å²) in [6.07, 6.45) is 0.621. The lowest BCUT2D eigenvalue weighted by Gasteiger charge is -2.31. The second-order valence-electron chi connectivity index (χ2n) is 6.89. The third-order valence-corrected chi connectivity index (χ3v) is 4.53. The number of benzene rings is 1. The lowest BCUT2D eigenvalue weighted by Crippen LogP contribution is -2.48. The molecular weight excluding hydrogens is 435 g/mol. The number of carbonyl (C=O) groups is 2. The molecule has 2 heterocycles. The van der Waals surface area contributed by atoms with Gasteiger partial charge < -0.3 is 31.3 Å². The minimum absolute atomic E-state index is 0.136. The van der Waals surface area contributed by atoms with Gasteiger partial charge in [0.2, 0.25) is 17.8 Å². The number of nitrogens with zero attached hydrogens (tertiary/aromatic N) is 5. The molecule has 0 atom stereocenters. The van der Waals surface area contributed by atoms with Gasteiger partial charge in [0.15, 0.2) is 5.96 Å². The van der Waals surface area contributed by atoms with Gasteiger partial charge in [0.25, 0.3) is 0 Å². The molecule has 13 heteroatoms. The van der Waals surface area contributed by atoms with E-state index in [4.69, 9.17) is 21.0 Å². The van der Waals surface area contributed by atoms with Crippen LogP contribution in [0.15, 0.2) is 40.6 Å². The summed E-state index contributed by atoms with van der Waals surface area (Å²) in [5, 5.41) is 6.43. The molecule has 0 saturated carbocycles. The van der Waals surface area contributed by atoms with Crippen LogP contribution in [0.25, 0.3) is 11.1 Å². The number of carbonyl (C=O) groups excluding carboxylic acids is 2. The van der Waals surface area contributed by atoms with Crippen molar-refractivity contribution in [3.05, 3.63) is 42.0 Å². The first-order valence-corrected chi connectivity index (χ1v) is 9.87. The largest absolute Gasteiger partial charge is 0.443 e. The highest BCUT2D eigenvalue weighted by Gasteiger charge is 2.26. The Bertz CT molecular complexity index is 1080. The number of nitrogens with two attached hydrogens (primary N) is 2. The normalized spacial score (nSPS) is 12.4. The van der Waals surface area contributed by atoms with E-state index < -0.39 is 18.0 Å². The van der Waals surface area contributed by atoms with E-state index in [0.717, 1.165) is 5.71 Å². The molecule has 0 unspecified atom stereocenters. The van der Waals surface area contributed by atoms with E-state index in [1.54, 1.807) is 36.2 Å². The van der Waals surface area contributed by atoms with Crippen LogP contribution in [0.2, 0.25) is 0 Å². The molecule has 12 nitrogen and oxygen atoms in total. The molecule has 1 aromatic heterocycles. The SMILES string of the molecule is CNC(=O)CCON=C1CN(c2ncc(-c3ccccc3COC(=O)N=C(N)N)c(F)n2)C1. The van der Waals surface area contributed by atoms with E-state index in [-0.39, 0.29) is 37.1 Å². The van der Waals surface area contributed by atoms with E-state index in [1.807, 2.05) is 0 Å². The Morgan fingerprint density at radius 3 is 2.70 bits per heavy atom. The number of nitrogens with one attached hydrogen (secondary N) is 1. The van der Waals surface area contributed by atoms with Gasteiger partial charge in [-0.05, 0) is 11.1 Å². The first-order chi connectivity index (χ1) is 15.9. The van der Waals surface area contributed by atoms with Gasteiger partial charge >= 0.3 is 6.09 Å². The zero-order valence-electron chi connectivity index (χ0n) is 17.8. The summed E-state index contributed by atoms with van der Waals surface area (Å²) in [4.78, 5) is 41.0. The van der Waals surface area contributed by atoms with Crippen LogP contribution in [0, 0.1) is 5.95 Å². The number of aromatic nitrogens is 2. The molecule has 1 aliphatic heterocycles. The molecule has 1 aliphatic rings. The van der Waals surface area contributed by atoms with Crippen LogP contribution in [-0.4, -0.2) is 60.4 Å². The van der Waals surface area contributed by atoms with Crippen molar-refractivity contribution in [1.29, 1.82) is 0 Å². The number of guanidine groups is 1. The van der Waals surface area contributed by atoms with Gasteiger partial charge in [0.05, 0.1) is 30.8 Å². The van der Waals surface area contributed by atoms with Crippen molar-refractivity contribution in [1.82, 2.24) is 15.3 Å². The number of halogens is 1. The summed E-state index contributed by atoms with van der Waals surface area (Å²) in [5.41, 5.74) is 12.2. The molecule has 2 aromatic rings. The van der Waals surface area contributed by atoms with E-state index in [9.17, 15) is 14.0 Å². The zero-order chi connectivity index (χ0) is 23.8. The number of hydrogen-bond donors (Lipinski definition) is 3. The molecule has 1 aromatic carbocycles. The Morgan fingerprint density at radius 1 is 1.24 bits per heavy atom. The number of aliphatic imine (C=N–C) groups is 1. The van der Waals surface area contributed by atoms with Crippen molar-refractivity contribution < 1.29 is 23.6 Å². The summed E-state index contributed by atoms with van der Waals surface area (Å²) >= 11 is 0. The van der Waals surface area contributed by atoms with Crippen LogP contribution in [0.4, 0.5) is 15.1 Å². The fourth-order valence-corrected chi connectivity index (χ4v) is 2.87. The molecule has 0 bridgehead atoms. The molecule has 33 heavy (non-hydrogen) atoms. The molecule has 5 N–H and O–H groups in total. The second kappa shape index (κ2) is 10.8. The summed E-state index contributed by atoms with van der Waals surface area (Å²) in [6.45, 7) is 0.773. The fourth-order valence-electron chi connectivity index (χ4n) is 2.87. The third kappa shape index (κ3) is 6.35. The number of anilines is 1. The van der Waals surface area contributed by atoms with Crippen LogP contribution in [0.3, 0.4) is 0 Å². The van der Waals surface area contributed by atoms with Gasteiger partial charge in [0, 0.05) is 13.2 Å². The van der Waals surface area contributed by atoms with E-state index in [1.165, 1.54) is 6.20 Å². The predicted octanol–water partition coefficient (Wildman–Crippen LogP) is 0.521. The average Bonchev–Trinajstić information content (AvgIpc) is 2.76. The van der Waals surface area contributed by atoms with Crippen molar-refractivity contribution in [2.45, 2.75) is 13.0 Å². The van der Waals surface area contributed by atoms with Crippen molar-refractivity contribution in [2.75, 3.05) is 31.6 Å². The molecule has 0 radical (unpaired) electrons. The first-order valence-electron chi connectivity index (χ1n) is 9.87. The van der Waals surface area contributed by atoms with Crippen LogP contribution in [0.5, 0.6) is 0 Å². The Balaban J connectivity index is 1.62. The number of amides is 2. The van der Waals surface area contributed by atoms with Crippen LogP contribution in [-0.2, 0) is 21.0 Å². The highest BCUT2D eigenvalue weighted by Crippen LogP contribution is 2.27. The van der Waals surface area contributed by atoms with Crippen molar-refractivity contribution in [3.8, 4) is 11.1 Å². The third-order valence-electron chi connectivity index (χ3n) is 4.53. The van der Waals surface area contributed by atoms with Crippen LogP contribution < -0.4 is 21.7 Å². The molecule has 1 fully saturated rings. The Labute approximate surface area is 188 Å². The first kappa shape index (κ1) is 23.4. The Morgan fingerprint density at radius 2 is 2.00 bits per heavy atom. The maximum absolute atomic E-state index is 14.8. The van der Waals surface area contributed by atoms with Crippen molar-refractivity contribution in [3.63, 3.8) is 0 Å². The van der Waals surface area contributed by atoms with Crippen molar-refractivity contribution in [2.24, 2.45) is 21.6 Å². The number of oxime groups is 1. The summed E-state index contributed by atoms with van der Waals surface area (Å²) < 4.78 is 19.8. The van der Waals surface area contributed by atoms with Gasteiger partial charge in [0.1, 0.15) is 13.2 Å². The predicted molar refractivity (Wildman–Crippen MR) is 118 cm³/mol. The quantitative estimate of drug-likeness (QED) is 0.168. The highest BCUT2D eigenvalue weighted by molar-refractivity contribution is 5.98. The standard InChI is InChI=1S/C20H23FN8O4/c1-24-16(30)6-7-33-28-13-9-29(10-13)19-25-8-15(17(21)26-19)14-5-3-2-4-12(14)11-32-20(31)27-18(22)23/h2-5,8H,6-7,9-11H2,1H3,(H,24,30)(H4,22,23,27,31). The fraction of sp³-hybridized carbons (Fsp3) is 0.300. The van der Waals surface area contributed by atoms with Gasteiger partial charge in [-0.15, -0.1) is 4.99 Å². The monoisotopic (exact) mass is 458 g/mol. The molecule has 0 spiro atoms. The van der Waals surface area contributed by atoms with Crippen LogP contribution >= 0.6 is 0 Å². The minimum Gasteiger partial charge on any atom is -0.443 e. The minimum atomic E-state index is -0.954. The van der Waals surface area contributed by atoms with E-state index in [0.29, 0.717) is 24.2 Å². The second-order valence-corrected chi connectivity index (χ2v) is 6.89. The maximum Gasteiger partial charge on any atom is 0.437 e. The number of ether oxygens (including phenoxy) is 1. The van der Waals surface area contributed by atoms with Crippen molar-refractivity contribution >= 4 is 29.6 Å². The van der Waals surface area contributed by atoms with Gasteiger partial charge in [-0.3, -0.25) is 4.79 Å². The lowest BCUT2D eigenvalue weighted by atomic mass is 10.0. The zero-order valence-corrected chi connectivity index (χ0v) is 17.8. The summed E-state index contributed by atoms with van der Waals surface area (Å²) in [5.74, 6) is -1.08. The molecule has 2 amide bonds.